The van der Waals surface area contributed by atoms with Crippen molar-refractivity contribution in [2.45, 2.75) is 6.54 Å². The van der Waals surface area contributed by atoms with Crippen molar-refractivity contribution in [3.05, 3.63) is 79.4 Å². The summed E-state index contributed by atoms with van der Waals surface area (Å²) < 4.78 is 2.95. The van der Waals surface area contributed by atoms with E-state index in [4.69, 9.17) is 11.6 Å². The van der Waals surface area contributed by atoms with E-state index >= 15 is 0 Å². The molecule has 0 unspecified atom stereocenters. The van der Waals surface area contributed by atoms with Gasteiger partial charge in [0.1, 0.15) is 0 Å². The lowest BCUT2D eigenvalue weighted by Crippen LogP contribution is -2.22. The van der Waals surface area contributed by atoms with Crippen molar-refractivity contribution in [2.75, 3.05) is 0 Å². The summed E-state index contributed by atoms with van der Waals surface area (Å²) in [6.45, 7) is 0.510. The van der Waals surface area contributed by atoms with Gasteiger partial charge in [-0.15, -0.1) is 11.3 Å². The van der Waals surface area contributed by atoms with Gasteiger partial charge in [0, 0.05) is 29.7 Å². The summed E-state index contributed by atoms with van der Waals surface area (Å²) in [5.74, 6) is -0.499. The third-order valence-corrected chi connectivity index (χ3v) is 4.50. The molecule has 0 aliphatic rings. The number of halogens is 1. The number of hydrogen-bond donors (Lipinski definition) is 0. The summed E-state index contributed by atoms with van der Waals surface area (Å²) in [7, 11) is 1.49. The van der Waals surface area contributed by atoms with Crippen LogP contribution in [0.1, 0.15) is 16.1 Å². The maximum atomic E-state index is 12.3. The van der Waals surface area contributed by atoms with Crippen LogP contribution in [0.3, 0.4) is 0 Å². The molecule has 0 saturated carbocycles. The molecule has 0 fully saturated rings. The molecule has 0 radical (unpaired) electrons. The van der Waals surface area contributed by atoms with Crippen LogP contribution in [0.25, 0.3) is 0 Å². The Bertz CT molecular complexity index is 1020. The van der Waals surface area contributed by atoms with E-state index in [9.17, 15) is 9.59 Å². The van der Waals surface area contributed by atoms with E-state index in [1.54, 1.807) is 0 Å². The molecule has 0 aliphatic heterocycles. The summed E-state index contributed by atoms with van der Waals surface area (Å²) in [4.78, 5) is 28.3. The van der Waals surface area contributed by atoms with E-state index in [1.165, 1.54) is 30.5 Å². The number of aromatic nitrogens is 3. The Morgan fingerprint density at radius 3 is 2.83 bits per heavy atom. The van der Waals surface area contributed by atoms with Gasteiger partial charge in [-0.05, 0) is 17.7 Å². The highest BCUT2D eigenvalue weighted by atomic mass is 35.5. The van der Waals surface area contributed by atoms with Crippen molar-refractivity contribution in [1.29, 1.82) is 0 Å². The first kappa shape index (κ1) is 16.4. The molecule has 6 nitrogen and oxygen atoms in total. The average Bonchev–Trinajstić information content (AvgIpc) is 2.99. The minimum Gasteiger partial charge on any atom is -0.319 e. The van der Waals surface area contributed by atoms with Gasteiger partial charge >= 0.3 is 0 Å². The standard InChI is InChI=1S/C16H13ClN4O2S/c1-20-14(22)7-6-13(19-20)15(23)18-16-21(8-9-24-16)10-11-4-2-3-5-12(11)17/h2-9H,10H2,1H3. The van der Waals surface area contributed by atoms with E-state index in [0.717, 1.165) is 10.2 Å². The third kappa shape index (κ3) is 3.52. The molecule has 0 spiro atoms. The van der Waals surface area contributed by atoms with Crippen molar-refractivity contribution in [3.63, 3.8) is 0 Å². The van der Waals surface area contributed by atoms with Gasteiger partial charge in [0.2, 0.25) is 0 Å². The molecule has 0 N–H and O–H groups in total. The van der Waals surface area contributed by atoms with Crippen LogP contribution >= 0.6 is 22.9 Å². The number of benzene rings is 1. The smallest absolute Gasteiger partial charge is 0.300 e. The van der Waals surface area contributed by atoms with Crippen molar-refractivity contribution >= 4 is 28.8 Å². The number of amides is 1. The monoisotopic (exact) mass is 360 g/mol. The highest BCUT2D eigenvalue weighted by molar-refractivity contribution is 7.07. The molecule has 122 valence electrons. The van der Waals surface area contributed by atoms with Gasteiger partial charge < -0.3 is 4.57 Å². The molecular weight excluding hydrogens is 348 g/mol. The summed E-state index contributed by atoms with van der Waals surface area (Å²) >= 11 is 7.52. The first-order valence-corrected chi connectivity index (χ1v) is 8.31. The molecule has 3 rings (SSSR count). The molecular formula is C16H13ClN4O2S. The Balaban J connectivity index is 1.93. The van der Waals surface area contributed by atoms with Gasteiger partial charge in [-0.25, -0.2) is 4.68 Å². The number of carbonyl (C=O) groups is 1. The number of aryl methyl sites for hydroxylation is 1. The molecule has 0 saturated heterocycles. The van der Waals surface area contributed by atoms with Crippen LogP contribution in [-0.4, -0.2) is 20.3 Å². The highest BCUT2D eigenvalue weighted by Gasteiger charge is 2.09. The lowest BCUT2D eigenvalue weighted by atomic mass is 10.2. The quantitative estimate of drug-likeness (QED) is 0.718. The van der Waals surface area contributed by atoms with Gasteiger partial charge in [-0.1, -0.05) is 29.8 Å². The molecule has 0 aliphatic carbocycles. The fourth-order valence-electron chi connectivity index (χ4n) is 2.08. The summed E-state index contributed by atoms with van der Waals surface area (Å²) in [5, 5.41) is 6.42. The molecule has 24 heavy (non-hydrogen) atoms. The van der Waals surface area contributed by atoms with Crippen LogP contribution in [0.2, 0.25) is 5.02 Å². The minimum absolute atomic E-state index is 0.120. The van der Waals surface area contributed by atoms with Crippen LogP contribution in [0.4, 0.5) is 0 Å². The maximum absolute atomic E-state index is 12.3. The number of hydrogen-bond acceptors (Lipinski definition) is 4. The molecule has 2 aromatic heterocycles. The van der Waals surface area contributed by atoms with E-state index in [1.807, 2.05) is 40.4 Å². The Hall–Kier alpha value is -2.51. The molecule has 2 heterocycles. The van der Waals surface area contributed by atoms with Crippen LogP contribution in [0.15, 0.2) is 57.8 Å². The van der Waals surface area contributed by atoms with Crippen LogP contribution in [0, 0.1) is 0 Å². The molecule has 0 bridgehead atoms. The average molecular weight is 361 g/mol. The number of nitrogens with zero attached hydrogens (tertiary/aromatic N) is 4. The number of thiazole rings is 1. The Kier molecular flexibility index (Phi) is 4.73. The van der Waals surface area contributed by atoms with Gasteiger partial charge in [0.25, 0.3) is 11.5 Å². The van der Waals surface area contributed by atoms with Crippen molar-refractivity contribution in [2.24, 2.45) is 12.0 Å². The highest BCUT2D eigenvalue weighted by Crippen LogP contribution is 2.15. The molecule has 3 aromatic rings. The largest absolute Gasteiger partial charge is 0.319 e. The normalized spacial score (nSPS) is 11.7. The summed E-state index contributed by atoms with van der Waals surface area (Å²) in [6, 6.07) is 10.2. The van der Waals surface area contributed by atoms with E-state index in [-0.39, 0.29) is 11.3 Å². The lowest BCUT2D eigenvalue weighted by Gasteiger charge is -2.05. The molecule has 1 aromatic carbocycles. The van der Waals surface area contributed by atoms with E-state index in [2.05, 4.69) is 10.1 Å². The summed E-state index contributed by atoms with van der Waals surface area (Å²) in [6.07, 6.45) is 1.84. The van der Waals surface area contributed by atoms with Crippen LogP contribution in [-0.2, 0) is 13.6 Å². The molecule has 0 atom stereocenters. The topological polar surface area (TPSA) is 69.2 Å². The predicted octanol–water partition coefficient (Wildman–Crippen LogP) is 2.09. The Morgan fingerprint density at radius 2 is 2.08 bits per heavy atom. The van der Waals surface area contributed by atoms with Crippen molar-refractivity contribution < 1.29 is 4.79 Å². The zero-order valence-electron chi connectivity index (χ0n) is 12.7. The van der Waals surface area contributed by atoms with Crippen molar-refractivity contribution in [1.82, 2.24) is 14.3 Å². The molecule has 8 heteroatoms. The lowest BCUT2D eigenvalue weighted by molar-refractivity contribution is 0.0991. The fourth-order valence-corrected chi connectivity index (χ4v) is 3.00. The van der Waals surface area contributed by atoms with Gasteiger partial charge in [0.05, 0.1) is 6.54 Å². The molecule has 1 amide bonds. The number of rotatable bonds is 3. The van der Waals surface area contributed by atoms with E-state index in [0.29, 0.717) is 16.4 Å². The van der Waals surface area contributed by atoms with Crippen LogP contribution in [0.5, 0.6) is 0 Å². The second kappa shape index (κ2) is 6.94. The van der Waals surface area contributed by atoms with Gasteiger partial charge in [-0.2, -0.15) is 10.1 Å². The maximum Gasteiger partial charge on any atom is 0.300 e. The minimum atomic E-state index is -0.499. The Morgan fingerprint density at radius 1 is 1.29 bits per heavy atom. The fraction of sp³-hybridized carbons (Fsp3) is 0.125. The van der Waals surface area contributed by atoms with Crippen molar-refractivity contribution in [3.8, 4) is 0 Å². The number of carbonyl (C=O) groups excluding carboxylic acids is 1. The first-order chi connectivity index (χ1) is 11.5. The van der Waals surface area contributed by atoms with Gasteiger partial charge in [0.15, 0.2) is 10.5 Å². The first-order valence-electron chi connectivity index (χ1n) is 7.05. The zero-order valence-corrected chi connectivity index (χ0v) is 14.3. The SMILES string of the molecule is Cn1nc(C(=O)N=c2sccn2Cc2ccccc2Cl)ccc1=O. The second-order valence-corrected chi connectivity index (χ2v) is 6.28. The van der Waals surface area contributed by atoms with E-state index < -0.39 is 5.91 Å². The van der Waals surface area contributed by atoms with Crippen LogP contribution < -0.4 is 10.4 Å². The van der Waals surface area contributed by atoms with Gasteiger partial charge in [-0.3, -0.25) is 9.59 Å². The third-order valence-electron chi connectivity index (χ3n) is 3.34. The second-order valence-electron chi connectivity index (χ2n) is 5.00. The predicted molar refractivity (Wildman–Crippen MR) is 92.2 cm³/mol. The Labute approximate surface area is 146 Å². The zero-order chi connectivity index (χ0) is 17.1. The summed E-state index contributed by atoms with van der Waals surface area (Å²) in [5.41, 5.74) is 0.776.